The molecule has 0 atom stereocenters. The maximum Gasteiger partial charge on any atom is 0.253 e. The topological polar surface area (TPSA) is 57.7 Å². The van der Waals surface area contributed by atoms with E-state index in [2.05, 4.69) is 51.4 Å². The highest BCUT2D eigenvalue weighted by Crippen LogP contribution is 2.22. The largest absolute Gasteiger partial charge is 0.497 e. The minimum Gasteiger partial charge on any atom is -0.497 e. The number of rotatable bonds is 6. The smallest absolute Gasteiger partial charge is 0.253 e. The molecule has 0 unspecified atom stereocenters. The number of hydrogen-bond donors (Lipinski definition) is 1. The summed E-state index contributed by atoms with van der Waals surface area (Å²) in [7, 11) is 3.81. The molecule has 1 amide bonds. The second kappa shape index (κ2) is 9.45. The maximum atomic E-state index is 12.8. The number of nitrogens with one attached hydrogen (secondary N) is 1. The molecule has 1 aromatic heterocycles. The normalized spacial score (nSPS) is 15.2. The van der Waals surface area contributed by atoms with Crippen molar-refractivity contribution < 1.29 is 9.53 Å². The fourth-order valence-corrected chi connectivity index (χ4v) is 3.90. The van der Waals surface area contributed by atoms with Gasteiger partial charge in [-0.25, -0.2) is 0 Å². The first kappa shape index (κ1) is 21.3. The lowest BCUT2D eigenvalue weighted by atomic mass is 10.1. The lowest BCUT2D eigenvalue weighted by Crippen LogP contribution is -2.43. The molecule has 6 nitrogen and oxygen atoms in total. The third kappa shape index (κ3) is 5.21. The molecule has 162 valence electrons. The van der Waals surface area contributed by atoms with Gasteiger partial charge >= 0.3 is 0 Å². The summed E-state index contributed by atoms with van der Waals surface area (Å²) in [6, 6.07) is 16.1. The number of benzene rings is 2. The molecule has 6 heteroatoms. The van der Waals surface area contributed by atoms with E-state index in [0.29, 0.717) is 17.8 Å². The third-order valence-electron chi connectivity index (χ3n) is 5.94. The highest BCUT2D eigenvalue weighted by Gasteiger charge is 2.14. The van der Waals surface area contributed by atoms with Crippen LogP contribution in [0.15, 0.2) is 48.5 Å². The Morgan fingerprint density at radius 2 is 1.74 bits per heavy atom. The first-order valence-corrected chi connectivity index (χ1v) is 10.7. The number of pyridine rings is 1. The molecule has 31 heavy (non-hydrogen) atoms. The number of likely N-dealkylation sites (N-methyl/N-ethyl adjacent to an activating group) is 1. The Morgan fingerprint density at radius 1 is 1.03 bits per heavy atom. The first-order valence-electron chi connectivity index (χ1n) is 10.7. The predicted octanol–water partition coefficient (Wildman–Crippen LogP) is 3.23. The van der Waals surface area contributed by atoms with Gasteiger partial charge in [-0.3, -0.25) is 14.7 Å². The predicted molar refractivity (Wildman–Crippen MR) is 123 cm³/mol. The summed E-state index contributed by atoms with van der Waals surface area (Å²) in [5, 5.41) is 3.95. The molecular weight excluding hydrogens is 388 g/mol. The van der Waals surface area contributed by atoms with Gasteiger partial charge in [0.25, 0.3) is 5.91 Å². The van der Waals surface area contributed by atoms with Crippen LogP contribution in [0.1, 0.15) is 27.2 Å². The van der Waals surface area contributed by atoms with Gasteiger partial charge in [0.2, 0.25) is 0 Å². The molecule has 1 fully saturated rings. The van der Waals surface area contributed by atoms with Gasteiger partial charge < -0.3 is 15.0 Å². The van der Waals surface area contributed by atoms with E-state index in [4.69, 9.17) is 4.74 Å². The summed E-state index contributed by atoms with van der Waals surface area (Å²) >= 11 is 0. The zero-order valence-electron chi connectivity index (χ0n) is 18.5. The standard InChI is InChI=1S/C25H30N4O2/c1-18-23(14-21-8-9-22(31-3)15-24(21)27-18)25(30)26-16-19-4-6-20(7-5-19)17-29-12-10-28(2)11-13-29/h4-9,14-15H,10-13,16-17H2,1-3H3,(H,26,30). The highest BCUT2D eigenvalue weighted by atomic mass is 16.5. The molecule has 1 saturated heterocycles. The van der Waals surface area contributed by atoms with E-state index in [1.54, 1.807) is 7.11 Å². The van der Waals surface area contributed by atoms with Crippen LogP contribution in [0.3, 0.4) is 0 Å². The Kier molecular flexibility index (Phi) is 6.49. The van der Waals surface area contributed by atoms with E-state index >= 15 is 0 Å². The fourth-order valence-electron chi connectivity index (χ4n) is 3.90. The number of nitrogens with zero attached hydrogens (tertiary/aromatic N) is 3. The van der Waals surface area contributed by atoms with Gasteiger partial charge in [0.1, 0.15) is 5.75 Å². The van der Waals surface area contributed by atoms with Gasteiger partial charge in [0, 0.05) is 50.7 Å². The van der Waals surface area contributed by atoms with Gasteiger partial charge in [-0.15, -0.1) is 0 Å². The van der Waals surface area contributed by atoms with Crippen molar-refractivity contribution in [3.8, 4) is 5.75 Å². The lowest BCUT2D eigenvalue weighted by Gasteiger charge is -2.32. The Labute approximate surface area is 183 Å². The van der Waals surface area contributed by atoms with Crippen LogP contribution in [-0.2, 0) is 13.1 Å². The molecule has 3 aromatic rings. The monoisotopic (exact) mass is 418 g/mol. The van der Waals surface area contributed by atoms with Crippen molar-refractivity contribution in [1.82, 2.24) is 20.1 Å². The number of hydrogen-bond acceptors (Lipinski definition) is 5. The molecule has 0 saturated carbocycles. The molecule has 4 rings (SSSR count). The fraction of sp³-hybridized carbons (Fsp3) is 0.360. The maximum absolute atomic E-state index is 12.8. The number of carbonyl (C=O) groups is 1. The average Bonchev–Trinajstić information content (AvgIpc) is 2.79. The summed E-state index contributed by atoms with van der Waals surface area (Å²) < 4.78 is 5.26. The number of fused-ring (bicyclic) bond motifs is 1. The van der Waals surface area contributed by atoms with Crippen molar-refractivity contribution >= 4 is 16.8 Å². The van der Waals surface area contributed by atoms with E-state index in [1.165, 1.54) is 5.56 Å². The van der Waals surface area contributed by atoms with Crippen LogP contribution in [0.5, 0.6) is 5.75 Å². The van der Waals surface area contributed by atoms with Crippen molar-refractivity contribution in [3.05, 3.63) is 70.9 Å². The SMILES string of the molecule is COc1ccc2cc(C(=O)NCc3ccc(CN4CCN(C)CC4)cc3)c(C)nc2c1. The van der Waals surface area contributed by atoms with Gasteiger partial charge in [-0.2, -0.15) is 0 Å². The number of piperazine rings is 1. The molecule has 1 aliphatic heterocycles. The van der Waals surface area contributed by atoms with Crippen molar-refractivity contribution in [2.75, 3.05) is 40.3 Å². The van der Waals surface area contributed by atoms with Gasteiger partial charge in [0.05, 0.1) is 23.9 Å². The van der Waals surface area contributed by atoms with Crippen LogP contribution in [0.25, 0.3) is 10.9 Å². The van der Waals surface area contributed by atoms with Crippen LogP contribution >= 0.6 is 0 Å². The number of amides is 1. The van der Waals surface area contributed by atoms with E-state index in [1.807, 2.05) is 31.2 Å². The van der Waals surface area contributed by atoms with Crippen molar-refractivity contribution in [2.24, 2.45) is 0 Å². The number of ether oxygens (including phenoxy) is 1. The molecule has 1 N–H and O–H groups in total. The molecule has 2 heterocycles. The quantitative estimate of drug-likeness (QED) is 0.666. The number of aromatic nitrogens is 1. The van der Waals surface area contributed by atoms with Crippen molar-refractivity contribution in [1.29, 1.82) is 0 Å². The molecule has 0 aliphatic carbocycles. The zero-order chi connectivity index (χ0) is 21.8. The van der Waals surface area contributed by atoms with Gasteiger partial charge in [-0.05, 0) is 43.3 Å². The molecule has 1 aliphatic rings. The lowest BCUT2D eigenvalue weighted by molar-refractivity contribution is 0.0950. The van der Waals surface area contributed by atoms with Crippen LogP contribution in [0, 0.1) is 6.92 Å². The minimum absolute atomic E-state index is 0.107. The Balaban J connectivity index is 1.36. The van der Waals surface area contributed by atoms with Crippen LogP contribution in [0.4, 0.5) is 0 Å². The Hall–Kier alpha value is -2.96. The van der Waals surface area contributed by atoms with E-state index in [9.17, 15) is 4.79 Å². The summed E-state index contributed by atoms with van der Waals surface area (Å²) in [6.45, 7) is 7.81. The molecular formula is C25H30N4O2. The second-order valence-electron chi connectivity index (χ2n) is 8.26. The van der Waals surface area contributed by atoms with E-state index in [-0.39, 0.29) is 5.91 Å². The van der Waals surface area contributed by atoms with Crippen molar-refractivity contribution in [2.45, 2.75) is 20.0 Å². The van der Waals surface area contributed by atoms with E-state index in [0.717, 1.165) is 54.9 Å². The number of aryl methyl sites for hydroxylation is 1. The zero-order valence-corrected chi connectivity index (χ0v) is 18.5. The molecule has 0 radical (unpaired) electrons. The molecule has 2 aromatic carbocycles. The van der Waals surface area contributed by atoms with Crippen molar-refractivity contribution in [3.63, 3.8) is 0 Å². The van der Waals surface area contributed by atoms with E-state index < -0.39 is 0 Å². The number of methoxy groups -OCH3 is 1. The summed E-state index contributed by atoms with van der Waals surface area (Å²) in [4.78, 5) is 22.2. The van der Waals surface area contributed by atoms with Crippen LogP contribution in [-0.4, -0.2) is 61.0 Å². The van der Waals surface area contributed by atoms with Gasteiger partial charge in [-0.1, -0.05) is 24.3 Å². The minimum atomic E-state index is -0.107. The Bertz CT molecular complexity index is 1060. The summed E-state index contributed by atoms with van der Waals surface area (Å²) in [5.74, 6) is 0.650. The van der Waals surface area contributed by atoms with Gasteiger partial charge in [0.15, 0.2) is 0 Å². The Morgan fingerprint density at radius 3 is 2.45 bits per heavy atom. The molecule has 0 spiro atoms. The number of carbonyl (C=O) groups excluding carboxylic acids is 1. The molecule has 0 bridgehead atoms. The third-order valence-corrected chi connectivity index (χ3v) is 5.94. The summed E-state index contributed by atoms with van der Waals surface area (Å²) in [5.41, 5.74) is 4.53. The second-order valence-corrected chi connectivity index (χ2v) is 8.26. The summed E-state index contributed by atoms with van der Waals surface area (Å²) in [6.07, 6.45) is 0. The average molecular weight is 419 g/mol. The highest BCUT2D eigenvalue weighted by molar-refractivity contribution is 5.98. The first-order chi connectivity index (χ1) is 15.0. The van der Waals surface area contributed by atoms with Crippen LogP contribution in [0.2, 0.25) is 0 Å². The van der Waals surface area contributed by atoms with Crippen LogP contribution < -0.4 is 10.1 Å².